The highest BCUT2D eigenvalue weighted by Crippen LogP contribution is 2.05. The lowest BCUT2D eigenvalue weighted by Crippen LogP contribution is -2.40. The lowest BCUT2D eigenvalue weighted by Gasteiger charge is -2.30. The van der Waals surface area contributed by atoms with Gasteiger partial charge in [-0.3, -0.25) is 4.90 Å². The van der Waals surface area contributed by atoms with E-state index in [2.05, 4.69) is 47.9 Å². The molecule has 0 fully saturated rings. The summed E-state index contributed by atoms with van der Waals surface area (Å²) < 4.78 is 12.8. The molecule has 0 atom stereocenters. The highest BCUT2D eigenvalue weighted by Gasteiger charge is 2.12. The largest absolute Gasteiger partial charge is 0.369 e. The van der Waals surface area contributed by atoms with Crippen LogP contribution < -0.4 is 5.32 Å². The van der Waals surface area contributed by atoms with Gasteiger partial charge in [0.15, 0.2) is 0 Å². The Morgan fingerprint density at radius 3 is 2.41 bits per heavy atom. The number of nitrogens with zero attached hydrogens (tertiary/aromatic N) is 3. The minimum atomic E-state index is -0.507. The molecule has 1 heterocycles. The molecule has 0 unspecified atom stereocenters. The van der Waals surface area contributed by atoms with Gasteiger partial charge in [0.1, 0.15) is 12.1 Å². The van der Waals surface area contributed by atoms with Crippen LogP contribution in [0.3, 0.4) is 0 Å². The average Bonchev–Trinajstić information content (AvgIpc) is 2.23. The van der Waals surface area contributed by atoms with Crippen LogP contribution in [0.1, 0.15) is 27.7 Å². The van der Waals surface area contributed by atoms with E-state index in [0.717, 1.165) is 13.1 Å². The zero-order valence-corrected chi connectivity index (χ0v) is 10.9. The van der Waals surface area contributed by atoms with Gasteiger partial charge in [0.2, 0.25) is 5.95 Å². The molecule has 1 rings (SSSR count). The number of anilines is 1. The topological polar surface area (TPSA) is 41.0 Å². The van der Waals surface area contributed by atoms with E-state index >= 15 is 0 Å². The smallest absolute Gasteiger partial charge is 0.217 e. The van der Waals surface area contributed by atoms with Gasteiger partial charge in [-0.05, 0) is 27.7 Å². The fourth-order valence-corrected chi connectivity index (χ4v) is 1.86. The van der Waals surface area contributed by atoms with Gasteiger partial charge < -0.3 is 5.32 Å². The summed E-state index contributed by atoms with van der Waals surface area (Å²) in [6.07, 6.45) is 1.22. The van der Waals surface area contributed by atoms with E-state index in [9.17, 15) is 4.39 Å². The van der Waals surface area contributed by atoms with Gasteiger partial charge >= 0.3 is 0 Å². The van der Waals surface area contributed by atoms with Crippen molar-refractivity contribution in [2.45, 2.75) is 39.8 Å². The first kappa shape index (κ1) is 13.8. The Balaban J connectivity index is 2.41. The minimum Gasteiger partial charge on any atom is -0.369 e. The Labute approximate surface area is 102 Å². The standard InChI is InChI=1S/C12H21FN4/c1-9(2)17(10(3)4)6-5-14-12-7-11(13)15-8-16-12/h7-10H,5-6H2,1-4H3,(H,14,15,16). The summed E-state index contributed by atoms with van der Waals surface area (Å²) in [7, 11) is 0. The number of rotatable bonds is 6. The van der Waals surface area contributed by atoms with Crippen molar-refractivity contribution >= 4 is 5.82 Å². The number of hydrogen-bond donors (Lipinski definition) is 1. The van der Waals surface area contributed by atoms with E-state index in [0.29, 0.717) is 17.9 Å². The molecule has 0 aliphatic heterocycles. The second kappa shape index (κ2) is 6.49. The molecule has 0 radical (unpaired) electrons. The molecule has 0 spiro atoms. The summed E-state index contributed by atoms with van der Waals surface area (Å²) in [5, 5.41) is 3.09. The van der Waals surface area contributed by atoms with E-state index < -0.39 is 5.95 Å². The maximum atomic E-state index is 12.8. The third-order valence-corrected chi connectivity index (χ3v) is 2.64. The molecule has 0 aliphatic rings. The monoisotopic (exact) mass is 240 g/mol. The average molecular weight is 240 g/mol. The van der Waals surface area contributed by atoms with Gasteiger partial charge in [0.05, 0.1) is 0 Å². The lowest BCUT2D eigenvalue weighted by molar-refractivity contribution is 0.182. The molecule has 0 saturated carbocycles. The van der Waals surface area contributed by atoms with Crippen molar-refractivity contribution in [3.63, 3.8) is 0 Å². The van der Waals surface area contributed by atoms with Crippen molar-refractivity contribution in [3.8, 4) is 0 Å². The maximum Gasteiger partial charge on any atom is 0.217 e. The zero-order chi connectivity index (χ0) is 12.8. The van der Waals surface area contributed by atoms with E-state index in [4.69, 9.17) is 0 Å². The van der Waals surface area contributed by atoms with Crippen molar-refractivity contribution in [3.05, 3.63) is 18.3 Å². The summed E-state index contributed by atoms with van der Waals surface area (Å²) in [4.78, 5) is 9.72. The summed E-state index contributed by atoms with van der Waals surface area (Å²) in [6.45, 7) is 10.3. The molecule has 1 aromatic heterocycles. The van der Waals surface area contributed by atoms with Gasteiger partial charge in [-0.2, -0.15) is 4.39 Å². The second-order valence-corrected chi connectivity index (χ2v) is 4.58. The molecule has 1 aromatic rings. The van der Waals surface area contributed by atoms with Crippen molar-refractivity contribution in [2.24, 2.45) is 0 Å². The Hall–Kier alpha value is -1.23. The molecule has 5 heteroatoms. The summed E-state index contributed by atoms with van der Waals surface area (Å²) >= 11 is 0. The SMILES string of the molecule is CC(C)N(CCNc1cc(F)ncn1)C(C)C. The fraction of sp³-hybridized carbons (Fsp3) is 0.667. The van der Waals surface area contributed by atoms with Crippen molar-refractivity contribution in [2.75, 3.05) is 18.4 Å². The van der Waals surface area contributed by atoms with E-state index in [1.807, 2.05) is 0 Å². The molecule has 0 amide bonds. The van der Waals surface area contributed by atoms with Crippen LogP contribution in [-0.2, 0) is 0 Å². The molecule has 96 valence electrons. The summed E-state index contributed by atoms with van der Waals surface area (Å²) in [5.41, 5.74) is 0. The van der Waals surface area contributed by atoms with Crippen LogP contribution in [0.5, 0.6) is 0 Å². The Bertz CT molecular complexity index is 333. The van der Waals surface area contributed by atoms with Crippen LogP contribution >= 0.6 is 0 Å². The van der Waals surface area contributed by atoms with Gasteiger partial charge in [-0.1, -0.05) is 0 Å². The number of nitrogens with one attached hydrogen (secondary N) is 1. The van der Waals surface area contributed by atoms with Crippen molar-refractivity contribution in [1.29, 1.82) is 0 Å². The predicted octanol–water partition coefficient (Wildman–Crippen LogP) is 2.15. The summed E-state index contributed by atoms with van der Waals surface area (Å²) in [5.74, 6) is 0.0250. The summed E-state index contributed by atoms with van der Waals surface area (Å²) in [6, 6.07) is 2.30. The van der Waals surface area contributed by atoms with Gasteiger partial charge in [0, 0.05) is 31.2 Å². The van der Waals surface area contributed by atoms with Crippen LogP contribution in [0.25, 0.3) is 0 Å². The van der Waals surface area contributed by atoms with E-state index in [-0.39, 0.29) is 0 Å². The van der Waals surface area contributed by atoms with Crippen LogP contribution in [-0.4, -0.2) is 40.0 Å². The first-order chi connectivity index (χ1) is 8.00. The molecule has 0 saturated heterocycles. The number of halogens is 1. The third-order valence-electron chi connectivity index (χ3n) is 2.64. The Kier molecular flexibility index (Phi) is 5.28. The Morgan fingerprint density at radius 2 is 1.88 bits per heavy atom. The molecule has 1 N–H and O–H groups in total. The molecule has 17 heavy (non-hydrogen) atoms. The Morgan fingerprint density at radius 1 is 1.24 bits per heavy atom. The van der Waals surface area contributed by atoms with E-state index in [1.165, 1.54) is 12.4 Å². The number of aromatic nitrogens is 2. The maximum absolute atomic E-state index is 12.8. The fourth-order valence-electron chi connectivity index (χ4n) is 1.86. The minimum absolute atomic E-state index is 0.499. The zero-order valence-electron chi connectivity index (χ0n) is 10.9. The van der Waals surface area contributed by atoms with Gasteiger partial charge in [-0.15, -0.1) is 0 Å². The van der Waals surface area contributed by atoms with Crippen LogP contribution in [0.15, 0.2) is 12.4 Å². The highest BCUT2D eigenvalue weighted by molar-refractivity contribution is 5.31. The highest BCUT2D eigenvalue weighted by atomic mass is 19.1. The molecular formula is C12H21FN4. The first-order valence-corrected chi connectivity index (χ1v) is 5.98. The van der Waals surface area contributed by atoms with Gasteiger partial charge in [-0.25, -0.2) is 9.97 Å². The second-order valence-electron chi connectivity index (χ2n) is 4.58. The first-order valence-electron chi connectivity index (χ1n) is 5.98. The molecular weight excluding hydrogens is 219 g/mol. The van der Waals surface area contributed by atoms with Crippen LogP contribution in [0.2, 0.25) is 0 Å². The third kappa shape index (κ3) is 4.65. The van der Waals surface area contributed by atoms with Crippen molar-refractivity contribution in [1.82, 2.24) is 14.9 Å². The molecule has 0 bridgehead atoms. The predicted molar refractivity (Wildman–Crippen MR) is 67.5 cm³/mol. The van der Waals surface area contributed by atoms with Crippen LogP contribution in [0, 0.1) is 5.95 Å². The van der Waals surface area contributed by atoms with Gasteiger partial charge in [0.25, 0.3) is 0 Å². The van der Waals surface area contributed by atoms with Crippen molar-refractivity contribution < 1.29 is 4.39 Å². The number of hydrogen-bond acceptors (Lipinski definition) is 4. The lowest BCUT2D eigenvalue weighted by atomic mass is 10.2. The quantitative estimate of drug-likeness (QED) is 0.774. The van der Waals surface area contributed by atoms with E-state index in [1.54, 1.807) is 0 Å². The molecule has 0 aliphatic carbocycles. The normalized spacial score (nSPS) is 11.5. The molecule has 4 nitrogen and oxygen atoms in total. The molecule has 0 aromatic carbocycles. The van der Waals surface area contributed by atoms with Crippen LogP contribution in [0.4, 0.5) is 10.2 Å².